The second kappa shape index (κ2) is 8.54. The van der Waals surface area contributed by atoms with Crippen molar-refractivity contribution >= 4 is 23.5 Å². The number of aliphatic hydroxyl groups is 1. The molecule has 0 unspecified atom stereocenters. The SMILES string of the molecule is C[C@H](Cc1nc(Cl)cc(N2C(=O)OC[C@@H]2[C@@H](C)O)n1)c1ccc(C(F)F)cc1F. The van der Waals surface area contributed by atoms with Crippen LogP contribution in [0, 0.1) is 5.82 Å². The van der Waals surface area contributed by atoms with E-state index >= 15 is 0 Å². The Morgan fingerprint density at radius 2 is 2.03 bits per heavy atom. The van der Waals surface area contributed by atoms with Crippen LogP contribution >= 0.6 is 11.6 Å². The zero-order chi connectivity index (χ0) is 21.3. The van der Waals surface area contributed by atoms with Crippen LogP contribution in [0.1, 0.15) is 43.1 Å². The highest BCUT2D eigenvalue weighted by Gasteiger charge is 2.38. The van der Waals surface area contributed by atoms with E-state index in [1.807, 2.05) is 0 Å². The monoisotopic (exact) mass is 429 g/mol. The molecule has 10 heteroatoms. The number of cyclic esters (lactones) is 1. The maximum Gasteiger partial charge on any atom is 0.416 e. The number of hydrogen-bond acceptors (Lipinski definition) is 5. The van der Waals surface area contributed by atoms with Gasteiger partial charge in [-0.15, -0.1) is 0 Å². The Kier molecular flexibility index (Phi) is 6.28. The van der Waals surface area contributed by atoms with Crippen molar-refractivity contribution in [2.24, 2.45) is 0 Å². The summed E-state index contributed by atoms with van der Waals surface area (Å²) in [6, 6.07) is 4.05. The maximum absolute atomic E-state index is 14.3. The van der Waals surface area contributed by atoms with Crippen molar-refractivity contribution < 1.29 is 27.8 Å². The highest BCUT2D eigenvalue weighted by atomic mass is 35.5. The predicted molar refractivity (Wildman–Crippen MR) is 99.8 cm³/mol. The molecular weight excluding hydrogens is 411 g/mol. The van der Waals surface area contributed by atoms with E-state index in [1.54, 1.807) is 6.92 Å². The molecule has 0 radical (unpaired) electrons. The molecule has 1 fully saturated rings. The van der Waals surface area contributed by atoms with E-state index in [0.29, 0.717) is 0 Å². The highest BCUT2D eigenvalue weighted by Crippen LogP contribution is 2.29. The fraction of sp³-hybridized carbons (Fsp3) is 0.421. The summed E-state index contributed by atoms with van der Waals surface area (Å²) >= 11 is 6.07. The smallest absolute Gasteiger partial charge is 0.416 e. The number of aliphatic hydroxyl groups excluding tert-OH is 1. The topological polar surface area (TPSA) is 75.6 Å². The third-order valence-electron chi connectivity index (χ3n) is 4.73. The third kappa shape index (κ3) is 4.62. The summed E-state index contributed by atoms with van der Waals surface area (Å²) in [5.74, 6) is -0.781. The molecule has 1 aliphatic rings. The molecule has 0 saturated carbocycles. The molecule has 3 atom stereocenters. The average molecular weight is 430 g/mol. The zero-order valence-electron chi connectivity index (χ0n) is 15.7. The minimum Gasteiger partial charge on any atom is -0.447 e. The normalized spacial score (nSPS) is 18.8. The molecule has 2 heterocycles. The van der Waals surface area contributed by atoms with E-state index < -0.39 is 42.0 Å². The van der Waals surface area contributed by atoms with E-state index in [0.717, 1.165) is 6.07 Å². The summed E-state index contributed by atoms with van der Waals surface area (Å²) in [6.45, 7) is 3.23. The van der Waals surface area contributed by atoms with Crippen LogP contribution in [-0.4, -0.2) is 39.9 Å². The maximum atomic E-state index is 14.3. The lowest BCUT2D eigenvalue weighted by atomic mass is 9.95. The number of rotatable bonds is 6. The first-order chi connectivity index (χ1) is 13.7. The number of ether oxygens (including phenoxy) is 1. The molecule has 1 N–H and O–H groups in total. The van der Waals surface area contributed by atoms with Crippen LogP contribution < -0.4 is 4.90 Å². The number of halogens is 4. The Balaban J connectivity index is 1.86. The molecule has 29 heavy (non-hydrogen) atoms. The molecule has 1 aromatic carbocycles. The van der Waals surface area contributed by atoms with Gasteiger partial charge >= 0.3 is 6.09 Å². The van der Waals surface area contributed by atoms with Gasteiger partial charge in [0.05, 0.1) is 6.10 Å². The number of anilines is 1. The van der Waals surface area contributed by atoms with Crippen molar-refractivity contribution in [3.8, 4) is 0 Å². The average Bonchev–Trinajstić information content (AvgIpc) is 3.02. The molecule has 3 rings (SSSR count). The van der Waals surface area contributed by atoms with Gasteiger partial charge in [-0.3, -0.25) is 4.90 Å². The number of aromatic nitrogens is 2. The van der Waals surface area contributed by atoms with Crippen molar-refractivity contribution in [1.82, 2.24) is 9.97 Å². The van der Waals surface area contributed by atoms with Gasteiger partial charge in [-0.2, -0.15) is 0 Å². The molecule has 0 bridgehead atoms. The van der Waals surface area contributed by atoms with E-state index in [9.17, 15) is 23.1 Å². The van der Waals surface area contributed by atoms with Gasteiger partial charge in [-0.05, 0) is 24.5 Å². The van der Waals surface area contributed by atoms with Crippen LogP contribution in [0.4, 0.5) is 23.8 Å². The van der Waals surface area contributed by atoms with Gasteiger partial charge in [-0.25, -0.2) is 27.9 Å². The first-order valence-electron chi connectivity index (χ1n) is 8.92. The van der Waals surface area contributed by atoms with Crippen LogP contribution in [0.25, 0.3) is 0 Å². The zero-order valence-corrected chi connectivity index (χ0v) is 16.4. The summed E-state index contributed by atoms with van der Waals surface area (Å²) < 4.78 is 44.7. The Morgan fingerprint density at radius 1 is 1.31 bits per heavy atom. The molecular formula is C19H19ClF3N3O3. The lowest BCUT2D eigenvalue weighted by Gasteiger charge is -2.23. The van der Waals surface area contributed by atoms with Gasteiger partial charge in [0.2, 0.25) is 0 Å². The third-order valence-corrected chi connectivity index (χ3v) is 4.93. The Labute approximate surface area is 170 Å². The quantitative estimate of drug-likeness (QED) is 0.694. The van der Waals surface area contributed by atoms with Crippen LogP contribution in [-0.2, 0) is 11.2 Å². The first kappa shape index (κ1) is 21.3. The molecule has 6 nitrogen and oxygen atoms in total. The fourth-order valence-corrected chi connectivity index (χ4v) is 3.38. The standard InChI is InChI=1S/C19H19ClF3N3O3/c1-9(12-4-3-11(18(22)23)6-13(12)21)5-16-24-15(20)7-17(25-16)26-14(10(2)27)8-29-19(26)28/h3-4,6-7,9-10,14,18,27H,5,8H2,1-2H3/t9-,10-,14-/m1/s1. The van der Waals surface area contributed by atoms with Crippen molar-refractivity contribution in [1.29, 1.82) is 0 Å². The van der Waals surface area contributed by atoms with E-state index in [2.05, 4.69) is 9.97 Å². The lowest BCUT2D eigenvalue weighted by molar-refractivity contribution is 0.142. The van der Waals surface area contributed by atoms with Crippen molar-refractivity contribution in [3.63, 3.8) is 0 Å². The summed E-state index contributed by atoms with van der Waals surface area (Å²) in [7, 11) is 0. The van der Waals surface area contributed by atoms with Crippen molar-refractivity contribution in [2.75, 3.05) is 11.5 Å². The van der Waals surface area contributed by atoms with Gasteiger partial charge in [-0.1, -0.05) is 30.7 Å². The number of alkyl halides is 2. The molecule has 1 amide bonds. The van der Waals surface area contributed by atoms with E-state index in [4.69, 9.17) is 16.3 Å². The first-order valence-corrected chi connectivity index (χ1v) is 9.30. The van der Waals surface area contributed by atoms with Gasteiger partial charge in [0.15, 0.2) is 0 Å². The van der Waals surface area contributed by atoms with E-state index in [-0.39, 0.29) is 35.4 Å². The second-order valence-corrected chi connectivity index (χ2v) is 7.29. The van der Waals surface area contributed by atoms with Gasteiger partial charge in [0, 0.05) is 18.1 Å². The number of amides is 1. The van der Waals surface area contributed by atoms with Gasteiger partial charge in [0.25, 0.3) is 6.43 Å². The fourth-order valence-electron chi connectivity index (χ4n) is 3.18. The molecule has 1 aliphatic heterocycles. The van der Waals surface area contributed by atoms with Gasteiger partial charge in [0.1, 0.15) is 35.3 Å². The van der Waals surface area contributed by atoms with Crippen molar-refractivity contribution in [2.45, 2.75) is 44.8 Å². The predicted octanol–water partition coefficient (Wildman–Crippen LogP) is 4.26. The van der Waals surface area contributed by atoms with E-state index in [1.165, 1.54) is 30.0 Å². The lowest BCUT2D eigenvalue weighted by Crippen LogP contribution is -2.41. The second-order valence-electron chi connectivity index (χ2n) is 6.91. The minimum atomic E-state index is -2.75. The molecule has 1 saturated heterocycles. The largest absolute Gasteiger partial charge is 0.447 e. The van der Waals surface area contributed by atoms with Crippen LogP contribution in [0.2, 0.25) is 5.15 Å². The summed E-state index contributed by atoms with van der Waals surface area (Å²) in [5.41, 5.74) is -0.154. The number of nitrogens with zero attached hydrogens (tertiary/aromatic N) is 3. The highest BCUT2D eigenvalue weighted by molar-refractivity contribution is 6.29. The Morgan fingerprint density at radius 3 is 2.66 bits per heavy atom. The summed E-state index contributed by atoms with van der Waals surface area (Å²) in [5, 5.41) is 9.95. The molecule has 2 aromatic rings. The summed E-state index contributed by atoms with van der Waals surface area (Å²) in [6.07, 6.45) is -4.13. The Hall–Kier alpha value is -2.39. The molecule has 0 aliphatic carbocycles. The minimum absolute atomic E-state index is 0.00551. The molecule has 1 aromatic heterocycles. The van der Waals surface area contributed by atoms with Crippen molar-refractivity contribution in [3.05, 3.63) is 52.2 Å². The van der Waals surface area contributed by atoms with Crippen LogP contribution in [0.5, 0.6) is 0 Å². The number of benzene rings is 1. The number of carbonyl (C=O) groups is 1. The Bertz CT molecular complexity index is 914. The number of carbonyl (C=O) groups excluding carboxylic acids is 1. The number of hydrogen-bond donors (Lipinski definition) is 1. The van der Waals surface area contributed by atoms with Gasteiger partial charge < -0.3 is 9.84 Å². The van der Waals surface area contributed by atoms with Crippen LogP contribution in [0.15, 0.2) is 24.3 Å². The molecule has 156 valence electrons. The summed E-state index contributed by atoms with van der Waals surface area (Å²) in [4.78, 5) is 21.7. The van der Waals surface area contributed by atoms with Crippen LogP contribution in [0.3, 0.4) is 0 Å². The molecule has 0 spiro atoms.